The number of likely N-dealkylation sites (tertiary alicyclic amines) is 1. The summed E-state index contributed by atoms with van der Waals surface area (Å²) in [5, 5.41) is 9.17. The third-order valence-electron chi connectivity index (χ3n) is 6.10. The van der Waals surface area contributed by atoms with Crippen LogP contribution < -0.4 is 16.0 Å². The van der Waals surface area contributed by atoms with Crippen molar-refractivity contribution >= 4 is 35.8 Å². The van der Waals surface area contributed by atoms with Gasteiger partial charge in [-0.05, 0) is 75.3 Å². The zero-order chi connectivity index (χ0) is 20.2. The molecule has 0 spiro atoms. The van der Waals surface area contributed by atoms with Gasteiger partial charge in [0.25, 0.3) is 5.91 Å². The summed E-state index contributed by atoms with van der Waals surface area (Å²) in [6.07, 6.45) is 5.86. The van der Waals surface area contributed by atoms with Crippen molar-refractivity contribution < 1.29 is 14.4 Å². The predicted molar refractivity (Wildman–Crippen MR) is 118 cm³/mol. The molecule has 1 aliphatic carbocycles. The Morgan fingerprint density at radius 2 is 1.77 bits per heavy atom. The first-order chi connectivity index (χ1) is 14.1. The average Bonchev–Trinajstić information content (AvgIpc) is 3.46. The lowest BCUT2D eigenvalue weighted by atomic mass is 9.97. The number of carbonyl (C=O) groups is 3. The minimum atomic E-state index is -0.0600. The Hall–Kier alpha value is -2.12. The highest BCUT2D eigenvalue weighted by Gasteiger charge is 2.30. The quantitative estimate of drug-likeness (QED) is 0.640. The number of hydrogen-bond acceptors (Lipinski definition) is 4. The van der Waals surface area contributed by atoms with Gasteiger partial charge in [0.05, 0.1) is 6.04 Å². The van der Waals surface area contributed by atoms with Crippen LogP contribution in [0.25, 0.3) is 0 Å². The molecule has 8 heteroatoms. The lowest BCUT2D eigenvalue weighted by Crippen LogP contribution is -2.46. The van der Waals surface area contributed by atoms with E-state index in [0.29, 0.717) is 18.7 Å². The van der Waals surface area contributed by atoms with Crippen molar-refractivity contribution in [3.8, 4) is 0 Å². The fourth-order valence-corrected chi connectivity index (χ4v) is 4.16. The minimum absolute atomic E-state index is 0. The van der Waals surface area contributed by atoms with Gasteiger partial charge >= 0.3 is 0 Å². The molecule has 2 saturated heterocycles. The SMILES string of the molecule is Cl.O=C(Nc1ccc(C(=O)N2CCCC(CNC(=O)C3CCCN3)C2)cc1)C1CC1. The van der Waals surface area contributed by atoms with Crippen LogP contribution in [0.15, 0.2) is 24.3 Å². The molecule has 3 amide bonds. The van der Waals surface area contributed by atoms with Crippen LogP contribution in [0, 0.1) is 11.8 Å². The van der Waals surface area contributed by atoms with Gasteiger partial charge in [-0.2, -0.15) is 0 Å². The van der Waals surface area contributed by atoms with E-state index >= 15 is 0 Å². The van der Waals surface area contributed by atoms with Crippen LogP contribution in [-0.4, -0.2) is 54.8 Å². The number of benzene rings is 1. The molecule has 7 nitrogen and oxygen atoms in total. The molecule has 1 aromatic rings. The Bertz CT molecular complexity index is 760. The van der Waals surface area contributed by atoms with Gasteiger partial charge in [-0.1, -0.05) is 0 Å². The van der Waals surface area contributed by atoms with E-state index in [0.717, 1.165) is 57.3 Å². The van der Waals surface area contributed by atoms with Crippen molar-refractivity contribution in [3.05, 3.63) is 29.8 Å². The van der Waals surface area contributed by atoms with Crippen molar-refractivity contribution in [1.82, 2.24) is 15.5 Å². The molecule has 2 heterocycles. The number of hydrogen-bond donors (Lipinski definition) is 3. The molecule has 2 aliphatic heterocycles. The summed E-state index contributed by atoms with van der Waals surface area (Å²) in [5.41, 5.74) is 1.37. The van der Waals surface area contributed by atoms with Gasteiger partial charge in [0.2, 0.25) is 11.8 Å². The van der Waals surface area contributed by atoms with Crippen molar-refractivity contribution in [3.63, 3.8) is 0 Å². The van der Waals surface area contributed by atoms with Gasteiger partial charge in [-0.25, -0.2) is 0 Å². The average molecular weight is 435 g/mol. The van der Waals surface area contributed by atoms with Crippen LogP contribution >= 0.6 is 12.4 Å². The summed E-state index contributed by atoms with van der Waals surface area (Å²) >= 11 is 0. The Morgan fingerprint density at radius 3 is 2.43 bits per heavy atom. The second kappa shape index (κ2) is 10.3. The molecule has 3 aliphatic rings. The minimum Gasteiger partial charge on any atom is -0.354 e. The first-order valence-corrected chi connectivity index (χ1v) is 10.8. The standard InChI is InChI=1S/C22H30N4O3.ClH/c27-20(16-5-6-16)25-18-9-7-17(8-10-18)22(29)26-12-2-3-15(14-26)13-24-21(28)19-4-1-11-23-19;/h7-10,15-16,19,23H,1-6,11-14H2,(H,24,28)(H,25,27);1H. The van der Waals surface area contributed by atoms with Gasteiger partial charge in [0.15, 0.2) is 0 Å². The van der Waals surface area contributed by atoms with Crippen molar-refractivity contribution in [2.75, 3.05) is 31.5 Å². The number of nitrogens with one attached hydrogen (secondary N) is 3. The molecule has 0 bridgehead atoms. The third-order valence-corrected chi connectivity index (χ3v) is 6.10. The number of halogens is 1. The molecular weight excluding hydrogens is 404 g/mol. The van der Waals surface area contributed by atoms with E-state index in [-0.39, 0.29) is 48.0 Å². The monoisotopic (exact) mass is 434 g/mol. The molecule has 1 saturated carbocycles. The van der Waals surface area contributed by atoms with E-state index < -0.39 is 0 Å². The normalized spacial score (nSPS) is 23.4. The fourth-order valence-electron chi connectivity index (χ4n) is 4.16. The van der Waals surface area contributed by atoms with E-state index in [2.05, 4.69) is 16.0 Å². The highest BCUT2D eigenvalue weighted by molar-refractivity contribution is 5.96. The molecule has 3 fully saturated rings. The number of piperidine rings is 1. The van der Waals surface area contributed by atoms with E-state index in [1.54, 1.807) is 24.3 Å². The van der Waals surface area contributed by atoms with Crippen LogP contribution in [-0.2, 0) is 9.59 Å². The molecule has 2 atom stereocenters. The second-order valence-corrected chi connectivity index (χ2v) is 8.49. The van der Waals surface area contributed by atoms with Crippen molar-refractivity contribution in [1.29, 1.82) is 0 Å². The number of nitrogens with zero attached hydrogens (tertiary/aromatic N) is 1. The van der Waals surface area contributed by atoms with E-state index in [4.69, 9.17) is 0 Å². The maximum absolute atomic E-state index is 12.9. The van der Waals surface area contributed by atoms with Crippen LogP contribution in [0.3, 0.4) is 0 Å². The predicted octanol–water partition coefficient (Wildman–Crippen LogP) is 2.18. The summed E-state index contributed by atoms with van der Waals surface area (Å²) in [7, 11) is 0. The summed E-state index contributed by atoms with van der Waals surface area (Å²) in [4.78, 5) is 38.8. The van der Waals surface area contributed by atoms with Crippen LogP contribution in [0.5, 0.6) is 0 Å². The van der Waals surface area contributed by atoms with Gasteiger partial charge in [0, 0.05) is 36.8 Å². The molecule has 0 aromatic heterocycles. The van der Waals surface area contributed by atoms with E-state index in [9.17, 15) is 14.4 Å². The topological polar surface area (TPSA) is 90.5 Å². The van der Waals surface area contributed by atoms with Crippen molar-refractivity contribution in [2.24, 2.45) is 11.8 Å². The van der Waals surface area contributed by atoms with Crippen LogP contribution in [0.4, 0.5) is 5.69 Å². The highest BCUT2D eigenvalue weighted by atomic mass is 35.5. The van der Waals surface area contributed by atoms with Gasteiger partial charge < -0.3 is 20.9 Å². The smallest absolute Gasteiger partial charge is 0.253 e. The highest BCUT2D eigenvalue weighted by Crippen LogP contribution is 2.30. The largest absolute Gasteiger partial charge is 0.354 e. The zero-order valence-corrected chi connectivity index (χ0v) is 18.0. The number of anilines is 1. The number of rotatable bonds is 6. The first-order valence-electron chi connectivity index (χ1n) is 10.8. The van der Waals surface area contributed by atoms with E-state index in [1.807, 2.05) is 4.90 Å². The van der Waals surface area contributed by atoms with Crippen LogP contribution in [0.2, 0.25) is 0 Å². The zero-order valence-electron chi connectivity index (χ0n) is 17.2. The summed E-state index contributed by atoms with van der Waals surface area (Å²) in [6.45, 7) is 2.94. The summed E-state index contributed by atoms with van der Waals surface area (Å²) in [6, 6.07) is 7.09. The first kappa shape index (κ1) is 22.6. The molecule has 164 valence electrons. The maximum Gasteiger partial charge on any atom is 0.253 e. The Morgan fingerprint density at radius 1 is 1.00 bits per heavy atom. The second-order valence-electron chi connectivity index (χ2n) is 8.49. The molecule has 2 unspecified atom stereocenters. The maximum atomic E-state index is 12.9. The third kappa shape index (κ3) is 5.73. The Labute approximate surface area is 183 Å². The molecule has 0 radical (unpaired) electrons. The summed E-state index contributed by atoms with van der Waals surface area (Å²) < 4.78 is 0. The molecular formula is C22H31ClN4O3. The van der Waals surface area contributed by atoms with Crippen molar-refractivity contribution in [2.45, 2.75) is 44.6 Å². The molecule has 1 aromatic carbocycles. The molecule has 3 N–H and O–H groups in total. The molecule has 30 heavy (non-hydrogen) atoms. The number of carbonyl (C=O) groups excluding carboxylic acids is 3. The number of amides is 3. The lowest BCUT2D eigenvalue weighted by molar-refractivity contribution is -0.123. The van der Waals surface area contributed by atoms with E-state index in [1.165, 1.54) is 0 Å². The van der Waals surface area contributed by atoms with Gasteiger partial charge in [0.1, 0.15) is 0 Å². The Kier molecular flexibility index (Phi) is 7.72. The lowest BCUT2D eigenvalue weighted by Gasteiger charge is -2.33. The fraction of sp³-hybridized carbons (Fsp3) is 0.591. The molecule has 4 rings (SSSR count). The summed E-state index contributed by atoms with van der Waals surface area (Å²) in [5.74, 6) is 0.604. The van der Waals surface area contributed by atoms with Gasteiger partial charge in [-0.3, -0.25) is 14.4 Å². The Balaban J connectivity index is 0.00000256. The van der Waals surface area contributed by atoms with Crippen LogP contribution in [0.1, 0.15) is 48.9 Å². The van der Waals surface area contributed by atoms with Gasteiger partial charge in [-0.15, -0.1) is 12.4 Å².